The van der Waals surface area contributed by atoms with Crippen LogP contribution in [0.2, 0.25) is 0 Å². The van der Waals surface area contributed by atoms with Gasteiger partial charge in [0.25, 0.3) is 11.8 Å². The van der Waals surface area contributed by atoms with Gasteiger partial charge in [0.1, 0.15) is 0 Å². The Morgan fingerprint density at radius 1 is 1.04 bits per heavy atom. The first-order valence-corrected chi connectivity index (χ1v) is 9.17. The molecule has 0 aromatic heterocycles. The van der Waals surface area contributed by atoms with Gasteiger partial charge in [-0.05, 0) is 43.3 Å². The van der Waals surface area contributed by atoms with Gasteiger partial charge in [0.15, 0.2) is 15.4 Å². The zero-order chi connectivity index (χ0) is 19.4. The zero-order valence-electron chi connectivity index (χ0n) is 13.8. The number of rotatable bonds is 6. The van der Waals surface area contributed by atoms with Crippen LogP contribution in [0.5, 0.6) is 0 Å². The molecular weight excluding hydrogens is 360 g/mol. The van der Waals surface area contributed by atoms with Gasteiger partial charge >= 0.3 is 0 Å². The van der Waals surface area contributed by atoms with Crippen LogP contribution in [0, 0.1) is 0 Å². The second-order valence-electron chi connectivity index (χ2n) is 5.82. The highest BCUT2D eigenvalue weighted by atomic mass is 32.2. The first-order chi connectivity index (χ1) is 12.2. The SMILES string of the molecule is CC(O)(CS(=O)(=O)c1ccc(NC(=O)c2ccccc2)cc1)C(=O)NO. The minimum atomic E-state index is -4.01. The number of hydroxylamine groups is 1. The van der Waals surface area contributed by atoms with Crippen LogP contribution >= 0.6 is 0 Å². The summed E-state index contributed by atoms with van der Waals surface area (Å²) < 4.78 is 24.6. The van der Waals surface area contributed by atoms with Gasteiger partial charge in [-0.25, -0.2) is 13.9 Å². The summed E-state index contributed by atoms with van der Waals surface area (Å²) in [6, 6.07) is 13.8. The van der Waals surface area contributed by atoms with Crippen LogP contribution in [0.25, 0.3) is 0 Å². The third-order valence-corrected chi connectivity index (χ3v) is 5.50. The number of carbonyl (C=O) groups excluding carboxylic acids is 2. The van der Waals surface area contributed by atoms with Crippen LogP contribution in [-0.4, -0.2) is 41.9 Å². The maximum atomic E-state index is 12.3. The van der Waals surface area contributed by atoms with Crippen molar-refractivity contribution in [1.29, 1.82) is 0 Å². The summed E-state index contributed by atoms with van der Waals surface area (Å²) in [6.07, 6.45) is 0. The molecule has 8 nitrogen and oxygen atoms in total. The third-order valence-electron chi connectivity index (χ3n) is 3.57. The molecular formula is C17H18N2O6S. The number of anilines is 1. The number of carbonyl (C=O) groups is 2. The van der Waals surface area contributed by atoms with E-state index in [1.165, 1.54) is 29.7 Å². The summed E-state index contributed by atoms with van der Waals surface area (Å²) >= 11 is 0. The van der Waals surface area contributed by atoms with Crippen LogP contribution in [-0.2, 0) is 14.6 Å². The van der Waals surface area contributed by atoms with Crippen molar-refractivity contribution in [2.75, 3.05) is 11.1 Å². The predicted molar refractivity (Wildman–Crippen MR) is 93.4 cm³/mol. The number of sulfone groups is 1. The molecule has 0 heterocycles. The Morgan fingerprint density at radius 2 is 1.62 bits per heavy atom. The smallest absolute Gasteiger partial charge is 0.276 e. The fraction of sp³-hybridized carbons (Fsp3) is 0.176. The Morgan fingerprint density at radius 3 is 2.15 bits per heavy atom. The number of nitrogens with one attached hydrogen (secondary N) is 2. The molecule has 0 spiro atoms. The quantitative estimate of drug-likeness (QED) is 0.437. The number of aliphatic hydroxyl groups is 1. The van der Waals surface area contributed by atoms with E-state index in [9.17, 15) is 23.1 Å². The largest absolute Gasteiger partial charge is 0.379 e. The summed E-state index contributed by atoms with van der Waals surface area (Å²) in [5, 5.41) is 21.1. The van der Waals surface area contributed by atoms with Crippen molar-refractivity contribution < 1.29 is 28.3 Å². The van der Waals surface area contributed by atoms with Gasteiger partial charge in [0.2, 0.25) is 0 Å². The van der Waals surface area contributed by atoms with E-state index in [-0.39, 0.29) is 10.8 Å². The van der Waals surface area contributed by atoms with E-state index < -0.39 is 27.1 Å². The Balaban J connectivity index is 2.13. The average molecular weight is 378 g/mol. The van der Waals surface area contributed by atoms with Gasteiger partial charge in [0, 0.05) is 11.3 Å². The molecule has 0 aliphatic rings. The Labute approximate surface area is 150 Å². The highest BCUT2D eigenvalue weighted by molar-refractivity contribution is 7.91. The van der Waals surface area contributed by atoms with E-state index in [4.69, 9.17) is 5.21 Å². The van der Waals surface area contributed by atoms with Crippen molar-refractivity contribution >= 4 is 27.3 Å². The Kier molecular flexibility index (Phi) is 5.76. The Bertz CT molecular complexity index is 893. The highest BCUT2D eigenvalue weighted by Crippen LogP contribution is 2.20. The van der Waals surface area contributed by atoms with Crippen molar-refractivity contribution in [1.82, 2.24) is 5.48 Å². The van der Waals surface area contributed by atoms with Crippen LogP contribution in [0.1, 0.15) is 17.3 Å². The van der Waals surface area contributed by atoms with E-state index in [1.807, 2.05) is 0 Å². The van der Waals surface area contributed by atoms with E-state index in [2.05, 4.69) is 5.32 Å². The number of benzene rings is 2. The minimum Gasteiger partial charge on any atom is -0.379 e. The van der Waals surface area contributed by atoms with Crippen molar-refractivity contribution in [3.8, 4) is 0 Å². The Hall–Kier alpha value is -2.75. The molecule has 138 valence electrons. The lowest BCUT2D eigenvalue weighted by Gasteiger charge is -2.20. The first kappa shape index (κ1) is 19.6. The summed E-state index contributed by atoms with van der Waals surface area (Å²) in [5.74, 6) is -2.49. The molecule has 2 rings (SSSR count). The van der Waals surface area contributed by atoms with Crippen molar-refractivity contribution in [2.45, 2.75) is 17.4 Å². The average Bonchev–Trinajstić information content (AvgIpc) is 2.61. The molecule has 0 bridgehead atoms. The molecule has 2 aromatic rings. The molecule has 2 aromatic carbocycles. The summed E-state index contributed by atoms with van der Waals surface area (Å²) in [6.45, 7) is 0.977. The second kappa shape index (κ2) is 7.65. The topological polar surface area (TPSA) is 133 Å². The molecule has 0 saturated heterocycles. The maximum absolute atomic E-state index is 12.3. The van der Waals surface area contributed by atoms with Crippen molar-refractivity contribution in [3.63, 3.8) is 0 Å². The van der Waals surface area contributed by atoms with Gasteiger partial charge < -0.3 is 10.4 Å². The lowest BCUT2D eigenvalue weighted by atomic mass is 10.1. The second-order valence-corrected chi connectivity index (χ2v) is 7.81. The minimum absolute atomic E-state index is 0.138. The normalized spacial score (nSPS) is 13.5. The third kappa shape index (κ3) is 4.66. The van der Waals surface area contributed by atoms with Gasteiger partial charge in [-0.3, -0.25) is 14.8 Å². The number of hydrogen-bond acceptors (Lipinski definition) is 6. The molecule has 0 saturated carbocycles. The molecule has 0 fully saturated rings. The van der Waals surface area contributed by atoms with E-state index in [0.717, 1.165) is 6.92 Å². The van der Waals surface area contributed by atoms with Gasteiger partial charge in [0.05, 0.1) is 10.6 Å². The summed E-state index contributed by atoms with van der Waals surface area (Å²) in [5.41, 5.74) is -0.232. The molecule has 0 aliphatic heterocycles. The standard InChI is InChI=1S/C17H18N2O6S/c1-17(22,16(21)19-23)11-26(24,25)14-9-7-13(8-10-14)18-15(20)12-5-3-2-4-6-12/h2-10,22-23H,11H2,1H3,(H,18,20)(H,19,21). The van der Waals surface area contributed by atoms with E-state index in [0.29, 0.717) is 11.3 Å². The van der Waals surface area contributed by atoms with Gasteiger partial charge in [-0.1, -0.05) is 18.2 Å². The maximum Gasteiger partial charge on any atom is 0.276 e. The molecule has 0 radical (unpaired) electrons. The summed E-state index contributed by atoms with van der Waals surface area (Å²) in [4.78, 5) is 23.3. The first-order valence-electron chi connectivity index (χ1n) is 7.52. The fourth-order valence-electron chi connectivity index (χ4n) is 2.18. The number of amides is 2. The molecule has 1 atom stereocenters. The van der Waals surface area contributed by atoms with E-state index >= 15 is 0 Å². The lowest BCUT2D eigenvalue weighted by molar-refractivity contribution is -0.144. The van der Waals surface area contributed by atoms with Crippen LogP contribution in [0.3, 0.4) is 0 Å². The molecule has 4 N–H and O–H groups in total. The van der Waals surface area contributed by atoms with Crippen molar-refractivity contribution in [3.05, 3.63) is 60.2 Å². The van der Waals surface area contributed by atoms with Crippen LogP contribution < -0.4 is 10.8 Å². The molecule has 1 unspecified atom stereocenters. The van der Waals surface area contributed by atoms with Crippen LogP contribution in [0.4, 0.5) is 5.69 Å². The number of hydrogen-bond donors (Lipinski definition) is 4. The molecule has 2 amide bonds. The van der Waals surface area contributed by atoms with Crippen LogP contribution in [0.15, 0.2) is 59.5 Å². The monoisotopic (exact) mass is 378 g/mol. The zero-order valence-corrected chi connectivity index (χ0v) is 14.7. The lowest BCUT2D eigenvalue weighted by Crippen LogP contribution is -2.48. The molecule has 26 heavy (non-hydrogen) atoms. The van der Waals surface area contributed by atoms with Crippen molar-refractivity contribution in [2.24, 2.45) is 0 Å². The van der Waals surface area contributed by atoms with Gasteiger partial charge in [-0.15, -0.1) is 0 Å². The fourth-order valence-corrected chi connectivity index (χ4v) is 3.77. The highest BCUT2D eigenvalue weighted by Gasteiger charge is 2.36. The molecule has 0 aliphatic carbocycles. The molecule has 9 heteroatoms. The summed E-state index contributed by atoms with van der Waals surface area (Å²) in [7, 11) is -4.01. The van der Waals surface area contributed by atoms with E-state index in [1.54, 1.807) is 30.3 Å². The van der Waals surface area contributed by atoms with Gasteiger partial charge in [-0.2, -0.15) is 0 Å². The predicted octanol–water partition coefficient (Wildman–Crippen LogP) is 0.969.